The van der Waals surface area contributed by atoms with E-state index < -0.39 is 6.10 Å². The van der Waals surface area contributed by atoms with Gasteiger partial charge in [-0.3, -0.25) is 0 Å². The SMILES string of the molecule is OC(CSc1ccc(F)cc1)Cc1ccco1. The highest BCUT2D eigenvalue weighted by molar-refractivity contribution is 7.99. The molecule has 1 aromatic carbocycles. The number of hydrogen-bond acceptors (Lipinski definition) is 3. The standard InChI is InChI=1S/C13H13FO2S/c14-10-3-5-13(6-4-10)17-9-11(15)8-12-2-1-7-16-12/h1-7,11,15H,8-9H2. The third kappa shape index (κ3) is 3.91. The number of thioether (sulfide) groups is 1. The molecule has 90 valence electrons. The average molecular weight is 252 g/mol. The molecule has 0 bridgehead atoms. The van der Waals surface area contributed by atoms with Crippen molar-refractivity contribution in [2.45, 2.75) is 17.4 Å². The number of rotatable bonds is 5. The predicted octanol–water partition coefficient (Wildman–Crippen LogP) is 3.11. The molecule has 17 heavy (non-hydrogen) atoms. The topological polar surface area (TPSA) is 33.4 Å². The molecule has 0 saturated carbocycles. The molecule has 4 heteroatoms. The van der Waals surface area contributed by atoms with Crippen LogP contribution in [-0.2, 0) is 6.42 Å². The highest BCUT2D eigenvalue weighted by Crippen LogP contribution is 2.20. The number of furan rings is 1. The second kappa shape index (κ2) is 5.89. The van der Waals surface area contributed by atoms with Crippen LogP contribution in [0.4, 0.5) is 4.39 Å². The minimum atomic E-state index is -0.462. The number of hydrogen-bond donors (Lipinski definition) is 1. The van der Waals surface area contributed by atoms with Gasteiger partial charge in [0.2, 0.25) is 0 Å². The van der Waals surface area contributed by atoms with E-state index >= 15 is 0 Å². The molecule has 2 nitrogen and oxygen atoms in total. The Kier molecular flexibility index (Phi) is 4.23. The van der Waals surface area contributed by atoms with Gasteiger partial charge in [0, 0.05) is 17.1 Å². The third-order valence-corrected chi connectivity index (χ3v) is 3.43. The zero-order valence-electron chi connectivity index (χ0n) is 9.17. The van der Waals surface area contributed by atoms with Crippen LogP contribution in [0.2, 0.25) is 0 Å². The smallest absolute Gasteiger partial charge is 0.123 e. The summed E-state index contributed by atoms with van der Waals surface area (Å²) in [4.78, 5) is 0.949. The fourth-order valence-corrected chi connectivity index (χ4v) is 2.27. The van der Waals surface area contributed by atoms with Gasteiger partial charge in [-0.25, -0.2) is 4.39 Å². The van der Waals surface area contributed by atoms with E-state index in [1.807, 2.05) is 6.07 Å². The lowest BCUT2D eigenvalue weighted by atomic mass is 10.2. The van der Waals surface area contributed by atoms with E-state index in [9.17, 15) is 9.50 Å². The van der Waals surface area contributed by atoms with Gasteiger partial charge in [-0.05, 0) is 36.4 Å². The highest BCUT2D eigenvalue weighted by atomic mass is 32.2. The van der Waals surface area contributed by atoms with Crippen molar-refractivity contribution in [2.24, 2.45) is 0 Å². The minimum Gasteiger partial charge on any atom is -0.469 e. The fraction of sp³-hybridized carbons (Fsp3) is 0.231. The third-order valence-electron chi connectivity index (χ3n) is 2.27. The molecule has 0 fully saturated rings. The van der Waals surface area contributed by atoms with Crippen LogP contribution in [0.25, 0.3) is 0 Å². The molecule has 2 rings (SSSR count). The Morgan fingerprint density at radius 1 is 1.24 bits per heavy atom. The van der Waals surface area contributed by atoms with Crippen molar-refractivity contribution in [3.63, 3.8) is 0 Å². The summed E-state index contributed by atoms with van der Waals surface area (Å²) >= 11 is 1.50. The summed E-state index contributed by atoms with van der Waals surface area (Å²) in [6.45, 7) is 0. The zero-order chi connectivity index (χ0) is 12.1. The predicted molar refractivity (Wildman–Crippen MR) is 65.5 cm³/mol. The van der Waals surface area contributed by atoms with Crippen molar-refractivity contribution in [2.75, 3.05) is 5.75 Å². The molecule has 1 N–H and O–H groups in total. The fourth-order valence-electron chi connectivity index (χ4n) is 1.44. The zero-order valence-corrected chi connectivity index (χ0v) is 9.99. The molecule has 0 aliphatic carbocycles. The Bertz CT molecular complexity index is 439. The highest BCUT2D eigenvalue weighted by Gasteiger charge is 2.08. The Balaban J connectivity index is 1.79. The van der Waals surface area contributed by atoms with Crippen LogP contribution in [0.15, 0.2) is 52.0 Å². The first-order valence-corrected chi connectivity index (χ1v) is 6.31. The molecule has 0 saturated heterocycles. The summed E-state index contributed by atoms with van der Waals surface area (Å²) in [5.41, 5.74) is 0. The van der Waals surface area contributed by atoms with E-state index in [0.717, 1.165) is 10.7 Å². The number of benzene rings is 1. The summed E-state index contributed by atoms with van der Waals surface area (Å²) < 4.78 is 17.8. The summed E-state index contributed by atoms with van der Waals surface area (Å²) in [6.07, 6.45) is 1.63. The van der Waals surface area contributed by atoms with E-state index in [1.54, 1.807) is 24.5 Å². The Hall–Kier alpha value is -1.26. The van der Waals surface area contributed by atoms with Crippen LogP contribution in [0.3, 0.4) is 0 Å². The lowest BCUT2D eigenvalue weighted by Gasteiger charge is -2.08. The second-order valence-electron chi connectivity index (χ2n) is 3.70. The normalized spacial score (nSPS) is 12.6. The number of aliphatic hydroxyl groups excluding tert-OH is 1. The summed E-state index contributed by atoms with van der Waals surface area (Å²) in [5.74, 6) is 1.09. The van der Waals surface area contributed by atoms with Gasteiger partial charge in [-0.15, -0.1) is 11.8 Å². The molecule has 0 radical (unpaired) electrons. The molecule has 0 aliphatic heterocycles. The van der Waals surface area contributed by atoms with Crippen LogP contribution < -0.4 is 0 Å². The van der Waals surface area contributed by atoms with Crippen LogP contribution in [0.5, 0.6) is 0 Å². The van der Waals surface area contributed by atoms with Crippen molar-refractivity contribution in [1.82, 2.24) is 0 Å². The van der Waals surface area contributed by atoms with Gasteiger partial charge in [-0.1, -0.05) is 0 Å². The first-order chi connectivity index (χ1) is 8.24. The van der Waals surface area contributed by atoms with E-state index in [0.29, 0.717) is 12.2 Å². The molecule has 0 aliphatic rings. The molecule has 1 unspecified atom stereocenters. The van der Waals surface area contributed by atoms with Crippen LogP contribution in [0, 0.1) is 5.82 Å². The van der Waals surface area contributed by atoms with Gasteiger partial charge in [0.05, 0.1) is 12.4 Å². The van der Waals surface area contributed by atoms with Gasteiger partial charge < -0.3 is 9.52 Å². The van der Waals surface area contributed by atoms with Crippen LogP contribution >= 0.6 is 11.8 Å². The molecule has 1 aromatic heterocycles. The molecule has 0 amide bonds. The minimum absolute atomic E-state index is 0.245. The first-order valence-electron chi connectivity index (χ1n) is 5.33. The summed E-state index contributed by atoms with van der Waals surface area (Å²) in [5, 5.41) is 9.78. The molecule has 0 spiro atoms. The first kappa shape index (κ1) is 12.2. The van der Waals surface area contributed by atoms with Crippen molar-refractivity contribution in [3.8, 4) is 0 Å². The molecule has 1 heterocycles. The maximum atomic E-state index is 12.7. The van der Waals surface area contributed by atoms with Crippen molar-refractivity contribution < 1.29 is 13.9 Å². The van der Waals surface area contributed by atoms with E-state index in [1.165, 1.54) is 23.9 Å². The van der Waals surface area contributed by atoms with Gasteiger partial charge in [0.1, 0.15) is 11.6 Å². The quantitative estimate of drug-likeness (QED) is 0.830. The number of aliphatic hydroxyl groups is 1. The van der Waals surface area contributed by atoms with Crippen molar-refractivity contribution in [1.29, 1.82) is 0 Å². The van der Waals surface area contributed by atoms with E-state index in [-0.39, 0.29) is 5.82 Å². The van der Waals surface area contributed by atoms with E-state index in [4.69, 9.17) is 4.42 Å². The van der Waals surface area contributed by atoms with Gasteiger partial charge >= 0.3 is 0 Å². The van der Waals surface area contributed by atoms with Crippen LogP contribution in [-0.4, -0.2) is 17.0 Å². The van der Waals surface area contributed by atoms with E-state index in [2.05, 4.69) is 0 Å². The maximum Gasteiger partial charge on any atom is 0.123 e. The largest absolute Gasteiger partial charge is 0.469 e. The Morgan fingerprint density at radius 2 is 2.00 bits per heavy atom. The molecular formula is C13H13FO2S. The lowest BCUT2D eigenvalue weighted by Crippen LogP contribution is -2.12. The Labute approximate surface area is 103 Å². The second-order valence-corrected chi connectivity index (χ2v) is 4.80. The van der Waals surface area contributed by atoms with Crippen LogP contribution in [0.1, 0.15) is 5.76 Å². The Morgan fingerprint density at radius 3 is 2.65 bits per heavy atom. The maximum absolute atomic E-state index is 12.7. The van der Waals surface area contributed by atoms with Crippen molar-refractivity contribution >= 4 is 11.8 Å². The molecular weight excluding hydrogens is 239 g/mol. The lowest BCUT2D eigenvalue weighted by molar-refractivity contribution is 0.192. The van der Waals surface area contributed by atoms with Gasteiger partial charge in [0.15, 0.2) is 0 Å². The monoisotopic (exact) mass is 252 g/mol. The summed E-state index contributed by atoms with van der Waals surface area (Å²) in [6, 6.07) is 9.89. The van der Waals surface area contributed by atoms with Gasteiger partial charge in [0.25, 0.3) is 0 Å². The number of halogens is 1. The molecule has 2 aromatic rings. The average Bonchev–Trinajstić information content (AvgIpc) is 2.81. The van der Waals surface area contributed by atoms with Crippen molar-refractivity contribution in [3.05, 3.63) is 54.2 Å². The summed E-state index contributed by atoms with van der Waals surface area (Å²) in [7, 11) is 0. The van der Waals surface area contributed by atoms with Gasteiger partial charge in [-0.2, -0.15) is 0 Å². The molecule has 1 atom stereocenters.